The van der Waals surface area contributed by atoms with Gasteiger partial charge in [-0.3, -0.25) is 0 Å². The van der Waals surface area contributed by atoms with Gasteiger partial charge in [-0.05, 0) is 36.5 Å². The summed E-state index contributed by atoms with van der Waals surface area (Å²) >= 11 is 0. The van der Waals surface area contributed by atoms with E-state index in [-0.39, 0.29) is 11.5 Å². The van der Waals surface area contributed by atoms with Crippen molar-refractivity contribution in [3.8, 4) is 0 Å². The first kappa shape index (κ1) is 10.4. The molecule has 1 saturated carbocycles. The van der Waals surface area contributed by atoms with Crippen LogP contribution in [0, 0.1) is 11.7 Å². The second-order valence-corrected chi connectivity index (χ2v) is 4.51. The summed E-state index contributed by atoms with van der Waals surface area (Å²) in [5, 5.41) is 3.40. The van der Waals surface area contributed by atoms with Crippen molar-refractivity contribution in [1.82, 2.24) is 5.32 Å². The quantitative estimate of drug-likeness (QED) is 0.748. The molecular weight excluding hydrogens is 191 g/mol. The summed E-state index contributed by atoms with van der Waals surface area (Å²) in [6, 6.07) is 5.61. The Bertz CT molecular complexity index is 345. The molecule has 0 aliphatic heterocycles. The third-order valence-electron chi connectivity index (χ3n) is 3.03. The summed E-state index contributed by atoms with van der Waals surface area (Å²) in [5.41, 5.74) is 6.58. The van der Waals surface area contributed by atoms with E-state index >= 15 is 0 Å². The van der Waals surface area contributed by atoms with Gasteiger partial charge in [-0.1, -0.05) is 13.0 Å². The highest BCUT2D eigenvalue weighted by molar-refractivity contribution is 5.41. The standard InChI is InChI=1S/C12H17FN2/c1-8-4-10(5-8)15-7-9-2-3-12(14)11(13)6-9/h2-3,6,8,10,15H,4-5,7,14H2,1H3. The Hall–Kier alpha value is -1.09. The van der Waals surface area contributed by atoms with E-state index in [9.17, 15) is 4.39 Å². The fraction of sp³-hybridized carbons (Fsp3) is 0.500. The van der Waals surface area contributed by atoms with Gasteiger partial charge >= 0.3 is 0 Å². The van der Waals surface area contributed by atoms with Crippen molar-refractivity contribution in [3.63, 3.8) is 0 Å². The van der Waals surface area contributed by atoms with Crippen LogP contribution < -0.4 is 11.1 Å². The van der Waals surface area contributed by atoms with Gasteiger partial charge in [-0.25, -0.2) is 4.39 Å². The summed E-state index contributed by atoms with van der Waals surface area (Å²) in [7, 11) is 0. The van der Waals surface area contributed by atoms with Crippen LogP contribution in [0.4, 0.5) is 10.1 Å². The minimum Gasteiger partial charge on any atom is -0.396 e. The van der Waals surface area contributed by atoms with Gasteiger partial charge in [0.25, 0.3) is 0 Å². The molecule has 0 atom stereocenters. The number of hydrogen-bond donors (Lipinski definition) is 2. The van der Waals surface area contributed by atoms with Crippen molar-refractivity contribution in [1.29, 1.82) is 0 Å². The number of rotatable bonds is 3. The molecule has 0 radical (unpaired) electrons. The SMILES string of the molecule is CC1CC(NCc2ccc(N)c(F)c2)C1. The first-order valence-electron chi connectivity index (χ1n) is 5.42. The molecule has 0 bridgehead atoms. The van der Waals surface area contributed by atoms with Crippen molar-refractivity contribution in [2.24, 2.45) is 5.92 Å². The average Bonchev–Trinajstić information content (AvgIpc) is 2.16. The molecule has 1 fully saturated rings. The Kier molecular flexibility index (Phi) is 2.91. The van der Waals surface area contributed by atoms with Crippen LogP contribution in [-0.2, 0) is 6.54 Å². The van der Waals surface area contributed by atoms with Gasteiger partial charge in [0, 0.05) is 12.6 Å². The summed E-state index contributed by atoms with van der Waals surface area (Å²) in [6.45, 7) is 2.98. The maximum Gasteiger partial charge on any atom is 0.146 e. The molecule has 1 aliphatic rings. The van der Waals surface area contributed by atoms with E-state index in [1.54, 1.807) is 6.07 Å². The maximum atomic E-state index is 13.1. The molecule has 0 spiro atoms. The lowest BCUT2D eigenvalue weighted by atomic mass is 9.82. The number of anilines is 1. The van der Waals surface area contributed by atoms with Gasteiger partial charge in [0.2, 0.25) is 0 Å². The molecule has 1 aliphatic carbocycles. The highest BCUT2D eigenvalue weighted by Gasteiger charge is 2.24. The highest BCUT2D eigenvalue weighted by atomic mass is 19.1. The van der Waals surface area contributed by atoms with Crippen LogP contribution in [0.1, 0.15) is 25.3 Å². The van der Waals surface area contributed by atoms with E-state index in [1.807, 2.05) is 6.07 Å². The Balaban J connectivity index is 1.86. The predicted octanol–water partition coefficient (Wildman–Crippen LogP) is 2.30. The molecule has 0 unspecified atom stereocenters. The highest BCUT2D eigenvalue weighted by Crippen LogP contribution is 2.26. The van der Waals surface area contributed by atoms with E-state index in [2.05, 4.69) is 12.2 Å². The minimum absolute atomic E-state index is 0.219. The predicted molar refractivity (Wildman–Crippen MR) is 59.8 cm³/mol. The smallest absolute Gasteiger partial charge is 0.146 e. The van der Waals surface area contributed by atoms with E-state index in [0.717, 1.165) is 18.0 Å². The number of nitrogens with one attached hydrogen (secondary N) is 1. The molecule has 15 heavy (non-hydrogen) atoms. The molecule has 3 N–H and O–H groups in total. The largest absolute Gasteiger partial charge is 0.396 e. The Morgan fingerprint density at radius 3 is 2.80 bits per heavy atom. The van der Waals surface area contributed by atoms with Crippen LogP contribution in [0.5, 0.6) is 0 Å². The number of nitrogen functional groups attached to an aromatic ring is 1. The molecule has 82 valence electrons. The topological polar surface area (TPSA) is 38.0 Å². The molecule has 3 heteroatoms. The van der Waals surface area contributed by atoms with Crippen LogP contribution in [0.15, 0.2) is 18.2 Å². The Labute approximate surface area is 89.7 Å². The van der Waals surface area contributed by atoms with Gasteiger partial charge in [0.1, 0.15) is 5.82 Å². The average molecular weight is 208 g/mol. The van der Waals surface area contributed by atoms with E-state index in [0.29, 0.717) is 6.04 Å². The van der Waals surface area contributed by atoms with E-state index in [1.165, 1.54) is 18.9 Å². The first-order chi connectivity index (χ1) is 7.15. The van der Waals surface area contributed by atoms with Gasteiger partial charge in [-0.15, -0.1) is 0 Å². The molecule has 0 heterocycles. The molecule has 1 aromatic carbocycles. The van der Waals surface area contributed by atoms with Crippen LogP contribution in [0.25, 0.3) is 0 Å². The van der Waals surface area contributed by atoms with Crippen LogP contribution in [-0.4, -0.2) is 6.04 Å². The number of benzene rings is 1. The zero-order chi connectivity index (χ0) is 10.8. The van der Waals surface area contributed by atoms with Crippen LogP contribution in [0.2, 0.25) is 0 Å². The molecule has 2 rings (SSSR count). The molecule has 0 amide bonds. The monoisotopic (exact) mass is 208 g/mol. The lowest BCUT2D eigenvalue weighted by Crippen LogP contribution is -2.39. The van der Waals surface area contributed by atoms with E-state index < -0.39 is 0 Å². The van der Waals surface area contributed by atoms with Crippen molar-refractivity contribution in [2.45, 2.75) is 32.4 Å². The van der Waals surface area contributed by atoms with Crippen molar-refractivity contribution >= 4 is 5.69 Å². The number of nitrogens with two attached hydrogens (primary N) is 1. The first-order valence-corrected chi connectivity index (χ1v) is 5.42. The second kappa shape index (κ2) is 4.19. The summed E-state index contributed by atoms with van der Waals surface area (Å²) < 4.78 is 13.1. The molecule has 0 aromatic heterocycles. The van der Waals surface area contributed by atoms with E-state index in [4.69, 9.17) is 5.73 Å². The molecular formula is C12H17FN2. The number of hydrogen-bond acceptors (Lipinski definition) is 2. The normalized spacial score (nSPS) is 24.9. The zero-order valence-corrected chi connectivity index (χ0v) is 8.96. The third kappa shape index (κ3) is 2.48. The van der Waals surface area contributed by atoms with Gasteiger partial charge in [-0.2, -0.15) is 0 Å². The van der Waals surface area contributed by atoms with Crippen LogP contribution in [0.3, 0.4) is 0 Å². The summed E-state index contributed by atoms with van der Waals surface area (Å²) in [5.74, 6) is 0.516. The second-order valence-electron chi connectivity index (χ2n) is 4.51. The van der Waals surface area contributed by atoms with Crippen LogP contribution >= 0.6 is 0 Å². The third-order valence-corrected chi connectivity index (χ3v) is 3.03. The molecule has 1 aromatic rings. The minimum atomic E-state index is -0.323. The summed E-state index contributed by atoms with van der Waals surface area (Å²) in [4.78, 5) is 0. The lowest BCUT2D eigenvalue weighted by molar-refractivity contribution is 0.240. The van der Waals surface area contributed by atoms with Gasteiger partial charge in [0.15, 0.2) is 0 Å². The fourth-order valence-corrected chi connectivity index (χ4v) is 2.01. The van der Waals surface area contributed by atoms with Crippen molar-refractivity contribution < 1.29 is 4.39 Å². The van der Waals surface area contributed by atoms with Crippen molar-refractivity contribution in [2.75, 3.05) is 5.73 Å². The Morgan fingerprint density at radius 1 is 1.47 bits per heavy atom. The number of halogens is 1. The zero-order valence-electron chi connectivity index (χ0n) is 8.96. The molecule has 2 nitrogen and oxygen atoms in total. The fourth-order valence-electron chi connectivity index (χ4n) is 2.01. The van der Waals surface area contributed by atoms with Gasteiger partial charge in [0.05, 0.1) is 5.69 Å². The lowest BCUT2D eigenvalue weighted by Gasteiger charge is -2.33. The summed E-state index contributed by atoms with van der Waals surface area (Å²) in [6.07, 6.45) is 2.47. The van der Waals surface area contributed by atoms with Gasteiger partial charge < -0.3 is 11.1 Å². The maximum absolute atomic E-state index is 13.1. The van der Waals surface area contributed by atoms with Crippen molar-refractivity contribution in [3.05, 3.63) is 29.6 Å². The molecule has 0 saturated heterocycles. The Morgan fingerprint density at radius 2 is 2.20 bits per heavy atom.